The molecule has 0 aliphatic carbocycles. The number of benzene rings is 2. The first kappa shape index (κ1) is 16.5. The molecular formula is C18H16O5. The molecule has 0 unspecified atom stereocenters. The van der Waals surface area contributed by atoms with Gasteiger partial charge < -0.3 is 14.9 Å². The van der Waals surface area contributed by atoms with Gasteiger partial charge in [0.05, 0.1) is 6.61 Å². The Balaban J connectivity index is 1.99. The van der Waals surface area contributed by atoms with Crippen LogP contribution in [-0.2, 0) is 11.4 Å². The van der Waals surface area contributed by atoms with Crippen LogP contribution in [0.15, 0.2) is 54.6 Å². The van der Waals surface area contributed by atoms with Crippen molar-refractivity contribution in [2.45, 2.75) is 6.61 Å². The molecule has 2 aromatic carbocycles. The van der Waals surface area contributed by atoms with Crippen molar-refractivity contribution in [1.29, 1.82) is 0 Å². The molecule has 0 heterocycles. The van der Waals surface area contributed by atoms with Crippen molar-refractivity contribution >= 4 is 17.8 Å². The highest BCUT2D eigenvalue weighted by molar-refractivity contribution is 6.06. The molecule has 0 saturated carbocycles. The normalized spacial score (nSPS) is 10.7. The number of carboxylic acids is 1. The van der Waals surface area contributed by atoms with Crippen LogP contribution in [-0.4, -0.2) is 28.6 Å². The Kier molecular flexibility index (Phi) is 5.66. The lowest BCUT2D eigenvalue weighted by atomic mass is 10.1. The molecule has 0 aromatic heterocycles. The van der Waals surface area contributed by atoms with Crippen molar-refractivity contribution in [3.63, 3.8) is 0 Å². The van der Waals surface area contributed by atoms with E-state index in [1.807, 2.05) is 12.1 Å². The van der Waals surface area contributed by atoms with Crippen molar-refractivity contribution in [3.05, 3.63) is 71.3 Å². The molecule has 23 heavy (non-hydrogen) atoms. The lowest BCUT2D eigenvalue weighted by Crippen LogP contribution is -2.09. The van der Waals surface area contributed by atoms with Crippen LogP contribution in [0.2, 0.25) is 0 Å². The fraction of sp³-hybridized carbons (Fsp3) is 0.111. The van der Waals surface area contributed by atoms with Gasteiger partial charge in [0.25, 0.3) is 0 Å². The van der Waals surface area contributed by atoms with Crippen LogP contribution < -0.4 is 4.74 Å². The summed E-state index contributed by atoms with van der Waals surface area (Å²) in [5.74, 6) is -0.825. The maximum atomic E-state index is 12.1. The summed E-state index contributed by atoms with van der Waals surface area (Å²) in [6.07, 6.45) is 3.15. The number of ketones is 1. The summed E-state index contributed by atoms with van der Waals surface area (Å²) >= 11 is 0. The second kappa shape index (κ2) is 7.91. The van der Waals surface area contributed by atoms with E-state index < -0.39 is 12.6 Å². The molecule has 0 radical (unpaired) electrons. The molecule has 0 aliphatic heterocycles. The number of aliphatic carboxylic acids is 1. The van der Waals surface area contributed by atoms with E-state index in [1.54, 1.807) is 42.5 Å². The zero-order valence-electron chi connectivity index (χ0n) is 12.3. The fourth-order valence-corrected chi connectivity index (χ4v) is 1.86. The Bertz CT molecular complexity index is 699. The third-order valence-electron chi connectivity index (χ3n) is 3.09. The van der Waals surface area contributed by atoms with Crippen LogP contribution in [0.4, 0.5) is 0 Å². The molecule has 0 bridgehead atoms. The lowest BCUT2D eigenvalue weighted by molar-refractivity contribution is -0.139. The van der Waals surface area contributed by atoms with Gasteiger partial charge in [-0.15, -0.1) is 0 Å². The molecule has 0 atom stereocenters. The summed E-state index contributed by atoms with van der Waals surface area (Å²) in [5, 5.41) is 17.5. The van der Waals surface area contributed by atoms with E-state index in [2.05, 4.69) is 0 Å². The average molecular weight is 312 g/mol. The molecule has 118 valence electrons. The Morgan fingerprint density at radius 1 is 1.00 bits per heavy atom. The predicted octanol–water partition coefficient (Wildman–Crippen LogP) is 2.54. The molecule has 0 amide bonds. The quantitative estimate of drug-likeness (QED) is 0.606. The van der Waals surface area contributed by atoms with Crippen molar-refractivity contribution in [2.24, 2.45) is 0 Å². The summed E-state index contributed by atoms with van der Waals surface area (Å²) < 4.78 is 5.00. The molecule has 2 rings (SSSR count). The Hall–Kier alpha value is -2.92. The summed E-state index contributed by atoms with van der Waals surface area (Å²) in [4.78, 5) is 22.5. The fourth-order valence-electron chi connectivity index (χ4n) is 1.86. The number of allylic oxidation sites excluding steroid dienone is 1. The second-order valence-electron chi connectivity index (χ2n) is 4.80. The highest BCUT2D eigenvalue weighted by Crippen LogP contribution is 2.14. The minimum atomic E-state index is -1.06. The van der Waals surface area contributed by atoms with E-state index in [1.165, 1.54) is 6.08 Å². The molecule has 0 aliphatic rings. The number of ether oxygens (including phenoxy) is 1. The van der Waals surface area contributed by atoms with E-state index in [0.29, 0.717) is 11.3 Å². The van der Waals surface area contributed by atoms with Crippen molar-refractivity contribution < 1.29 is 24.5 Å². The standard InChI is InChI=1S/C18H16O5/c19-11-14-3-1-13(2-4-14)5-10-17(20)15-6-8-16(9-7-15)23-12-18(21)22/h1-10,19H,11-12H2,(H,21,22). The van der Waals surface area contributed by atoms with Gasteiger partial charge in [0.2, 0.25) is 0 Å². The third-order valence-corrected chi connectivity index (χ3v) is 3.09. The van der Waals surface area contributed by atoms with Gasteiger partial charge in [0.1, 0.15) is 5.75 Å². The first-order chi connectivity index (χ1) is 11.1. The van der Waals surface area contributed by atoms with Crippen molar-refractivity contribution in [2.75, 3.05) is 6.61 Å². The van der Waals surface area contributed by atoms with Gasteiger partial charge in [-0.3, -0.25) is 4.79 Å². The largest absolute Gasteiger partial charge is 0.482 e. The Morgan fingerprint density at radius 3 is 2.22 bits per heavy atom. The van der Waals surface area contributed by atoms with Gasteiger partial charge in [-0.1, -0.05) is 30.3 Å². The van der Waals surface area contributed by atoms with E-state index in [-0.39, 0.29) is 12.4 Å². The minimum Gasteiger partial charge on any atom is -0.482 e. The van der Waals surface area contributed by atoms with E-state index >= 15 is 0 Å². The predicted molar refractivity (Wildman–Crippen MR) is 85.3 cm³/mol. The number of hydrogen-bond acceptors (Lipinski definition) is 4. The zero-order valence-corrected chi connectivity index (χ0v) is 12.3. The SMILES string of the molecule is O=C(O)COc1ccc(C(=O)C=Cc2ccc(CO)cc2)cc1. The van der Waals surface area contributed by atoms with Gasteiger partial charge in [0.15, 0.2) is 12.4 Å². The van der Waals surface area contributed by atoms with Gasteiger partial charge in [-0.05, 0) is 41.5 Å². The first-order valence-corrected chi connectivity index (χ1v) is 6.95. The number of carbonyl (C=O) groups is 2. The highest BCUT2D eigenvalue weighted by atomic mass is 16.5. The molecule has 0 saturated heterocycles. The molecule has 0 spiro atoms. The van der Waals surface area contributed by atoms with Crippen LogP contribution in [0.3, 0.4) is 0 Å². The maximum absolute atomic E-state index is 12.1. The minimum absolute atomic E-state index is 0.0147. The second-order valence-corrected chi connectivity index (χ2v) is 4.80. The number of carbonyl (C=O) groups excluding carboxylic acids is 1. The molecule has 2 N–H and O–H groups in total. The van der Waals surface area contributed by atoms with Gasteiger partial charge in [-0.2, -0.15) is 0 Å². The number of carboxylic acid groups (broad SMARTS) is 1. The lowest BCUT2D eigenvalue weighted by Gasteiger charge is -2.03. The Morgan fingerprint density at radius 2 is 1.65 bits per heavy atom. The number of hydrogen-bond donors (Lipinski definition) is 2. The van der Waals surface area contributed by atoms with Gasteiger partial charge in [0, 0.05) is 5.56 Å². The van der Waals surface area contributed by atoms with Crippen LogP contribution >= 0.6 is 0 Å². The van der Waals surface area contributed by atoms with Gasteiger partial charge in [-0.25, -0.2) is 4.79 Å². The summed E-state index contributed by atoms with van der Waals surface area (Å²) in [5.41, 5.74) is 2.15. The first-order valence-electron chi connectivity index (χ1n) is 6.95. The molecule has 2 aromatic rings. The topological polar surface area (TPSA) is 83.8 Å². The molecular weight excluding hydrogens is 296 g/mol. The van der Waals surface area contributed by atoms with Crippen molar-refractivity contribution in [3.8, 4) is 5.75 Å². The summed E-state index contributed by atoms with van der Waals surface area (Å²) in [7, 11) is 0. The monoisotopic (exact) mass is 312 g/mol. The smallest absolute Gasteiger partial charge is 0.341 e. The van der Waals surface area contributed by atoms with E-state index in [9.17, 15) is 9.59 Å². The zero-order chi connectivity index (χ0) is 16.7. The third kappa shape index (κ3) is 5.09. The maximum Gasteiger partial charge on any atom is 0.341 e. The van der Waals surface area contributed by atoms with E-state index in [4.69, 9.17) is 14.9 Å². The van der Waals surface area contributed by atoms with Crippen LogP contribution in [0.5, 0.6) is 5.75 Å². The van der Waals surface area contributed by atoms with Crippen molar-refractivity contribution in [1.82, 2.24) is 0 Å². The van der Waals surface area contributed by atoms with Crippen LogP contribution in [0.1, 0.15) is 21.5 Å². The van der Waals surface area contributed by atoms with Gasteiger partial charge >= 0.3 is 5.97 Å². The average Bonchev–Trinajstić information content (AvgIpc) is 2.58. The number of aliphatic hydroxyl groups excluding tert-OH is 1. The molecule has 5 nitrogen and oxygen atoms in total. The molecule has 5 heteroatoms. The summed E-state index contributed by atoms with van der Waals surface area (Å²) in [6.45, 7) is -0.434. The highest BCUT2D eigenvalue weighted by Gasteiger charge is 2.03. The number of rotatable bonds is 7. The number of aliphatic hydroxyl groups is 1. The van der Waals surface area contributed by atoms with Crippen LogP contribution in [0, 0.1) is 0 Å². The molecule has 0 fully saturated rings. The Labute approximate surface area is 133 Å². The van der Waals surface area contributed by atoms with E-state index in [0.717, 1.165) is 11.1 Å². The van der Waals surface area contributed by atoms with Crippen LogP contribution in [0.25, 0.3) is 6.08 Å². The summed E-state index contributed by atoms with van der Waals surface area (Å²) in [6, 6.07) is 13.5.